The predicted molar refractivity (Wildman–Crippen MR) is 158 cm³/mol. The van der Waals surface area contributed by atoms with Crippen LogP contribution in [0.4, 0.5) is 0 Å². The number of aromatic nitrogens is 1. The SMILES string of the molecule is CNC(=O)Cc1ccc(OCC(=O)C(CNC(=O)CCc2ccccc2OC)C(N)c2c[nH]c3ccccc23)cc1. The highest BCUT2D eigenvalue weighted by Crippen LogP contribution is 2.28. The number of methoxy groups -OCH3 is 1. The number of benzene rings is 3. The van der Waals surface area contributed by atoms with Crippen LogP contribution in [-0.2, 0) is 27.2 Å². The van der Waals surface area contributed by atoms with E-state index in [1.165, 1.54) is 0 Å². The minimum Gasteiger partial charge on any atom is -0.496 e. The highest BCUT2D eigenvalue weighted by atomic mass is 16.5. The topological polar surface area (TPSA) is 136 Å². The second-order valence-corrected chi connectivity index (χ2v) is 9.79. The molecule has 2 amide bonds. The second-order valence-electron chi connectivity index (χ2n) is 9.79. The monoisotopic (exact) mass is 556 g/mol. The van der Waals surface area contributed by atoms with Gasteiger partial charge in [-0.3, -0.25) is 14.4 Å². The molecule has 0 fully saturated rings. The number of nitrogens with one attached hydrogen (secondary N) is 3. The van der Waals surface area contributed by atoms with Crippen LogP contribution in [0.1, 0.15) is 29.2 Å². The first kappa shape index (κ1) is 29.4. The number of Topliss-reactive ketones (excluding diaryl/α,β-unsaturated/α-hetero) is 1. The lowest BCUT2D eigenvalue weighted by molar-refractivity contribution is -0.126. The van der Waals surface area contributed by atoms with Crippen molar-refractivity contribution >= 4 is 28.5 Å². The Labute approximate surface area is 239 Å². The minimum absolute atomic E-state index is 0.0681. The fraction of sp³-hybridized carbons (Fsp3) is 0.281. The van der Waals surface area contributed by atoms with E-state index in [1.807, 2.05) is 54.7 Å². The summed E-state index contributed by atoms with van der Waals surface area (Å²) in [7, 11) is 3.19. The van der Waals surface area contributed by atoms with Crippen molar-refractivity contribution in [1.29, 1.82) is 0 Å². The first-order valence-corrected chi connectivity index (χ1v) is 13.5. The van der Waals surface area contributed by atoms with Gasteiger partial charge in [0.25, 0.3) is 0 Å². The number of hydrogen-bond donors (Lipinski definition) is 4. The van der Waals surface area contributed by atoms with Crippen molar-refractivity contribution in [1.82, 2.24) is 15.6 Å². The maximum atomic E-state index is 13.5. The van der Waals surface area contributed by atoms with E-state index in [1.54, 1.807) is 38.4 Å². The summed E-state index contributed by atoms with van der Waals surface area (Å²) in [6.45, 7) is -0.148. The predicted octanol–water partition coefficient (Wildman–Crippen LogP) is 3.48. The number of carbonyl (C=O) groups excluding carboxylic acids is 3. The van der Waals surface area contributed by atoms with E-state index in [9.17, 15) is 14.4 Å². The van der Waals surface area contributed by atoms with E-state index >= 15 is 0 Å². The Bertz CT molecular complexity index is 1480. The number of aryl methyl sites for hydroxylation is 1. The summed E-state index contributed by atoms with van der Waals surface area (Å²) >= 11 is 0. The number of likely N-dealkylation sites (N-methyl/N-ethyl adjacent to an activating group) is 1. The van der Waals surface area contributed by atoms with Gasteiger partial charge in [-0.2, -0.15) is 0 Å². The summed E-state index contributed by atoms with van der Waals surface area (Å²) in [5, 5.41) is 6.42. The van der Waals surface area contributed by atoms with Crippen molar-refractivity contribution in [3.8, 4) is 11.5 Å². The van der Waals surface area contributed by atoms with Gasteiger partial charge < -0.3 is 30.8 Å². The van der Waals surface area contributed by atoms with E-state index in [0.717, 1.165) is 33.3 Å². The highest BCUT2D eigenvalue weighted by molar-refractivity contribution is 5.88. The van der Waals surface area contributed by atoms with Crippen LogP contribution in [0.25, 0.3) is 10.9 Å². The van der Waals surface area contributed by atoms with Crippen LogP contribution in [0.2, 0.25) is 0 Å². The van der Waals surface area contributed by atoms with Crippen LogP contribution in [0.5, 0.6) is 11.5 Å². The lowest BCUT2D eigenvalue weighted by Gasteiger charge is -2.23. The van der Waals surface area contributed by atoms with Gasteiger partial charge in [0.05, 0.1) is 19.4 Å². The van der Waals surface area contributed by atoms with Crippen LogP contribution in [-0.4, -0.2) is 49.9 Å². The highest BCUT2D eigenvalue weighted by Gasteiger charge is 2.29. The zero-order valence-electron chi connectivity index (χ0n) is 23.3. The molecule has 41 heavy (non-hydrogen) atoms. The van der Waals surface area contributed by atoms with Crippen LogP contribution in [0.3, 0.4) is 0 Å². The molecule has 2 unspecified atom stereocenters. The average molecular weight is 557 g/mol. The summed E-state index contributed by atoms with van der Waals surface area (Å²) in [5.41, 5.74) is 10.2. The number of fused-ring (bicyclic) bond motifs is 1. The molecule has 0 saturated carbocycles. The Morgan fingerprint density at radius 2 is 1.68 bits per heavy atom. The zero-order valence-corrected chi connectivity index (χ0v) is 23.3. The van der Waals surface area contributed by atoms with Gasteiger partial charge in [-0.05, 0) is 47.4 Å². The Morgan fingerprint density at radius 1 is 0.951 bits per heavy atom. The number of rotatable bonds is 14. The van der Waals surface area contributed by atoms with Crippen molar-refractivity contribution in [3.63, 3.8) is 0 Å². The van der Waals surface area contributed by atoms with Crippen molar-refractivity contribution in [2.75, 3.05) is 27.3 Å². The number of ketones is 1. The van der Waals surface area contributed by atoms with Gasteiger partial charge in [-0.25, -0.2) is 0 Å². The van der Waals surface area contributed by atoms with Gasteiger partial charge in [0, 0.05) is 43.2 Å². The van der Waals surface area contributed by atoms with Crippen molar-refractivity contribution in [2.45, 2.75) is 25.3 Å². The molecule has 0 aliphatic rings. The molecule has 0 aliphatic carbocycles. The normalized spacial score (nSPS) is 12.4. The molecule has 0 aliphatic heterocycles. The number of para-hydroxylation sites is 2. The van der Waals surface area contributed by atoms with E-state index in [2.05, 4.69) is 15.6 Å². The summed E-state index contributed by atoms with van der Waals surface area (Å²) in [6, 6.07) is 21.6. The third-order valence-corrected chi connectivity index (χ3v) is 7.11. The van der Waals surface area contributed by atoms with E-state index in [4.69, 9.17) is 15.2 Å². The molecule has 0 radical (unpaired) electrons. The number of H-pyrrole nitrogens is 1. The number of nitrogens with two attached hydrogens (primary N) is 1. The maximum Gasteiger partial charge on any atom is 0.224 e. The quantitative estimate of drug-likeness (QED) is 0.188. The molecule has 3 aromatic carbocycles. The average Bonchev–Trinajstić information content (AvgIpc) is 3.44. The first-order chi connectivity index (χ1) is 19.9. The summed E-state index contributed by atoms with van der Waals surface area (Å²) in [6.07, 6.45) is 2.81. The number of amides is 2. The van der Waals surface area contributed by atoms with Gasteiger partial charge in [0.1, 0.15) is 18.1 Å². The molecule has 0 saturated heterocycles. The molecule has 4 aromatic rings. The molecule has 5 N–H and O–H groups in total. The largest absolute Gasteiger partial charge is 0.496 e. The van der Waals surface area contributed by atoms with Crippen molar-refractivity contribution < 1.29 is 23.9 Å². The Kier molecular flexibility index (Phi) is 10.1. The third-order valence-electron chi connectivity index (χ3n) is 7.11. The summed E-state index contributed by atoms with van der Waals surface area (Å²) in [4.78, 5) is 41.1. The van der Waals surface area contributed by atoms with Crippen molar-refractivity contribution in [2.24, 2.45) is 11.7 Å². The molecular formula is C32H36N4O5. The van der Waals surface area contributed by atoms with E-state index < -0.39 is 12.0 Å². The standard InChI is InChI=1S/C32H36N4O5/c1-34-31(39)17-21-11-14-23(15-12-21)41-20-28(37)26(32(33)25-18-35-27-9-5-4-8-24(25)27)19-36-30(38)16-13-22-7-3-6-10-29(22)40-2/h3-12,14-15,18,26,32,35H,13,16-17,19-20,33H2,1-2H3,(H,34,39)(H,36,38). The molecule has 1 heterocycles. The Hall–Kier alpha value is -4.63. The van der Waals surface area contributed by atoms with Crippen LogP contribution in [0, 0.1) is 5.92 Å². The fourth-order valence-electron chi connectivity index (χ4n) is 4.74. The molecule has 4 rings (SSSR count). The third kappa shape index (κ3) is 7.73. The van der Waals surface area contributed by atoms with Gasteiger partial charge in [0.15, 0.2) is 5.78 Å². The lowest BCUT2D eigenvalue weighted by atomic mass is 9.90. The maximum absolute atomic E-state index is 13.5. The van der Waals surface area contributed by atoms with Crippen LogP contribution < -0.4 is 25.8 Å². The fourth-order valence-corrected chi connectivity index (χ4v) is 4.74. The number of hydrogen-bond acceptors (Lipinski definition) is 6. The summed E-state index contributed by atoms with van der Waals surface area (Å²) in [5.74, 6) is -0.00709. The molecule has 2 atom stereocenters. The molecule has 9 heteroatoms. The van der Waals surface area contributed by atoms with Crippen LogP contribution >= 0.6 is 0 Å². The minimum atomic E-state index is -0.725. The summed E-state index contributed by atoms with van der Waals surface area (Å²) < 4.78 is 11.2. The lowest BCUT2D eigenvalue weighted by Crippen LogP contribution is -2.40. The molecule has 0 spiro atoms. The number of carbonyl (C=O) groups is 3. The molecule has 0 bridgehead atoms. The van der Waals surface area contributed by atoms with E-state index in [0.29, 0.717) is 12.2 Å². The van der Waals surface area contributed by atoms with Gasteiger partial charge in [0.2, 0.25) is 11.8 Å². The molecular weight excluding hydrogens is 520 g/mol. The van der Waals surface area contributed by atoms with Gasteiger partial charge in [-0.1, -0.05) is 48.5 Å². The number of aromatic amines is 1. The second kappa shape index (κ2) is 14.1. The van der Waals surface area contributed by atoms with Crippen LogP contribution in [0.15, 0.2) is 79.0 Å². The number of ether oxygens (including phenoxy) is 2. The first-order valence-electron chi connectivity index (χ1n) is 13.5. The Morgan fingerprint density at radius 3 is 2.44 bits per heavy atom. The smallest absolute Gasteiger partial charge is 0.224 e. The van der Waals surface area contributed by atoms with Gasteiger partial charge >= 0.3 is 0 Å². The van der Waals surface area contributed by atoms with E-state index in [-0.39, 0.29) is 43.6 Å². The Balaban J connectivity index is 1.43. The molecule has 9 nitrogen and oxygen atoms in total. The van der Waals surface area contributed by atoms with Crippen molar-refractivity contribution in [3.05, 3.63) is 95.7 Å². The molecule has 214 valence electrons. The van der Waals surface area contributed by atoms with Gasteiger partial charge in [-0.15, -0.1) is 0 Å². The zero-order chi connectivity index (χ0) is 29.2. The molecule has 1 aromatic heterocycles.